The van der Waals surface area contributed by atoms with Crippen molar-refractivity contribution in [2.45, 2.75) is 59.0 Å². The standard InChI is InChI=1S/C26H35Cl2N3O4S/c1-5-15-29-26(33)23(6-2)30(18-20-10-7-8-11-22(20)28)25(32)12-9-16-31(36(4,34)35)24-17-21(27)14-13-19(24)3/h7-8,10-11,13-14,17,23H,5-6,9,12,15-16,18H2,1-4H3,(H,29,33). The smallest absolute Gasteiger partial charge is 0.242 e. The number of halogens is 2. The number of anilines is 1. The van der Waals surface area contributed by atoms with E-state index in [0.29, 0.717) is 28.7 Å². The van der Waals surface area contributed by atoms with Crippen molar-refractivity contribution in [2.75, 3.05) is 23.7 Å². The van der Waals surface area contributed by atoms with Crippen LogP contribution in [0.4, 0.5) is 5.69 Å². The summed E-state index contributed by atoms with van der Waals surface area (Å²) in [6.45, 7) is 6.43. The van der Waals surface area contributed by atoms with Crippen LogP contribution in [0.5, 0.6) is 0 Å². The summed E-state index contributed by atoms with van der Waals surface area (Å²) >= 11 is 12.5. The Labute approximate surface area is 224 Å². The van der Waals surface area contributed by atoms with Gasteiger partial charge in [0.25, 0.3) is 0 Å². The predicted molar refractivity (Wildman–Crippen MR) is 147 cm³/mol. The maximum Gasteiger partial charge on any atom is 0.242 e. The number of carbonyl (C=O) groups excluding carboxylic acids is 2. The van der Waals surface area contributed by atoms with E-state index >= 15 is 0 Å². The minimum Gasteiger partial charge on any atom is -0.354 e. The molecule has 0 saturated carbocycles. The highest BCUT2D eigenvalue weighted by atomic mass is 35.5. The first-order valence-electron chi connectivity index (χ1n) is 12.0. The Kier molecular flexibility index (Phi) is 11.5. The molecule has 10 heteroatoms. The molecule has 2 aromatic rings. The quantitative estimate of drug-likeness (QED) is 0.368. The fourth-order valence-electron chi connectivity index (χ4n) is 3.93. The van der Waals surface area contributed by atoms with Crippen LogP contribution in [-0.4, -0.2) is 50.5 Å². The zero-order valence-electron chi connectivity index (χ0n) is 21.3. The fourth-order valence-corrected chi connectivity index (χ4v) is 5.31. The van der Waals surface area contributed by atoms with E-state index in [9.17, 15) is 18.0 Å². The average molecular weight is 557 g/mol. The number of nitrogens with zero attached hydrogens (tertiary/aromatic N) is 2. The van der Waals surface area contributed by atoms with Gasteiger partial charge in [-0.3, -0.25) is 13.9 Å². The van der Waals surface area contributed by atoms with Gasteiger partial charge in [-0.05, 0) is 55.5 Å². The Bertz CT molecular complexity index is 1160. The van der Waals surface area contributed by atoms with Gasteiger partial charge in [-0.1, -0.05) is 61.3 Å². The molecular weight excluding hydrogens is 521 g/mol. The predicted octanol–water partition coefficient (Wildman–Crippen LogP) is 5.18. The summed E-state index contributed by atoms with van der Waals surface area (Å²) in [5.41, 5.74) is 1.98. The summed E-state index contributed by atoms with van der Waals surface area (Å²) < 4.78 is 26.4. The molecule has 2 rings (SSSR count). The number of benzene rings is 2. The van der Waals surface area contributed by atoms with Gasteiger partial charge in [0.1, 0.15) is 6.04 Å². The van der Waals surface area contributed by atoms with E-state index in [1.807, 2.05) is 26.0 Å². The van der Waals surface area contributed by atoms with Crippen LogP contribution in [0.15, 0.2) is 42.5 Å². The number of sulfonamides is 1. The molecule has 1 atom stereocenters. The van der Waals surface area contributed by atoms with Gasteiger partial charge in [-0.15, -0.1) is 0 Å². The van der Waals surface area contributed by atoms with Crippen LogP contribution in [0.2, 0.25) is 10.0 Å². The van der Waals surface area contributed by atoms with Gasteiger partial charge in [0.15, 0.2) is 0 Å². The molecule has 0 saturated heterocycles. The molecule has 0 aliphatic rings. The van der Waals surface area contributed by atoms with Gasteiger partial charge in [0.05, 0.1) is 11.9 Å². The van der Waals surface area contributed by atoms with Gasteiger partial charge in [0, 0.05) is 36.1 Å². The van der Waals surface area contributed by atoms with Crippen LogP contribution in [0.25, 0.3) is 0 Å². The highest BCUT2D eigenvalue weighted by molar-refractivity contribution is 7.92. The third-order valence-electron chi connectivity index (χ3n) is 5.83. The van der Waals surface area contributed by atoms with Gasteiger partial charge in [-0.2, -0.15) is 0 Å². The molecule has 2 amide bonds. The molecular formula is C26H35Cl2N3O4S. The first-order valence-corrected chi connectivity index (χ1v) is 14.6. The lowest BCUT2D eigenvalue weighted by Gasteiger charge is -2.31. The molecule has 0 spiro atoms. The zero-order chi connectivity index (χ0) is 26.9. The van der Waals surface area contributed by atoms with E-state index in [1.54, 1.807) is 42.2 Å². The molecule has 1 N–H and O–H groups in total. The Morgan fingerprint density at radius 2 is 1.78 bits per heavy atom. The van der Waals surface area contributed by atoms with E-state index in [-0.39, 0.29) is 37.7 Å². The fraction of sp³-hybridized carbons (Fsp3) is 0.462. The van der Waals surface area contributed by atoms with E-state index < -0.39 is 16.1 Å². The summed E-state index contributed by atoms with van der Waals surface area (Å²) in [6.07, 6.45) is 2.68. The highest BCUT2D eigenvalue weighted by Gasteiger charge is 2.29. The zero-order valence-corrected chi connectivity index (χ0v) is 23.6. The summed E-state index contributed by atoms with van der Waals surface area (Å²) in [6, 6.07) is 11.6. The molecule has 0 aliphatic heterocycles. The molecule has 0 radical (unpaired) electrons. The van der Waals surface area contributed by atoms with Crippen molar-refractivity contribution in [1.82, 2.24) is 10.2 Å². The van der Waals surface area contributed by atoms with Gasteiger partial charge >= 0.3 is 0 Å². The number of carbonyl (C=O) groups is 2. The number of nitrogens with one attached hydrogen (secondary N) is 1. The second-order valence-corrected chi connectivity index (χ2v) is 11.4. The Morgan fingerprint density at radius 3 is 2.39 bits per heavy atom. The van der Waals surface area contributed by atoms with E-state index in [1.165, 1.54) is 4.31 Å². The van der Waals surface area contributed by atoms with Crippen molar-refractivity contribution < 1.29 is 18.0 Å². The molecule has 198 valence electrons. The van der Waals surface area contributed by atoms with Crippen molar-refractivity contribution in [3.05, 3.63) is 63.6 Å². The first kappa shape index (κ1) is 29.9. The van der Waals surface area contributed by atoms with Gasteiger partial charge in [0.2, 0.25) is 21.8 Å². The summed E-state index contributed by atoms with van der Waals surface area (Å²) in [5.74, 6) is -0.461. The number of hydrogen-bond donors (Lipinski definition) is 1. The van der Waals surface area contributed by atoms with Crippen LogP contribution in [0.3, 0.4) is 0 Å². The van der Waals surface area contributed by atoms with Crippen molar-refractivity contribution in [3.8, 4) is 0 Å². The number of amides is 2. The molecule has 0 bridgehead atoms. The summed E-state index contributed by atoms with van der Waals surface area (Å²) in [5, 5.41) is 3.82. The Morgan fingerprint density at radius 1 is 1.08 bits per heavy atom. The third kappa shape index (κ3) is 8.39. The van der Waals surface area contributed by atoms with Crippen molar-refractivity contribution in [2.24, 2.45) is 0 Å². The molecule has 0 aromatic heterocycles. The molecule has 0 heterocycles. The molecule has 0 aliphatic carbocycles. The maximum atomic E-state index is 13.4. The van der Waals surface area contributed by atoms with Crippen LogP contribution in [0, 0.1) is 6.92 Å². The first-order chi connectivity index (χ1) is 17.0. The lowest BCUT2D eigenvalue weighted by molar-refractivity contribution is -0.141. The second-order valence-electron chi connectivity index (χ2n) is 8.70. The van der Waals surface area contributed by atoms with Crippen LogP contribution in [0.1, 0.15) is 50.7 Å². The van der Waals surface area contributed by atoms with E-state index in [2.05, 4.69) is 5.32 Å². The van der Waals surface area contributed by atoms with E-state index in [4.69, 9.17) is 23.2 Å². The number of rotatable bonds is 13. The van der Waals surface area contributed by atoms with Crippen LogP contribution in [-0.2, 0) is 26.2 Å². The van der Waals surface area contributed by atoms with Crippen molar-refractivity contribution in [1.29, 1.82) is 0 Å². The number of hydrogen-bond acceptors (Lipinski definition) is 4. The van der Waals surface area contributed by atoms with Gasteiger partial charge in [-0.25, -0.2) is 8.42 Å². The summed E-state index contributed by atoms with van der Waals surface area (Å²) in [4.78, 5) is 27.9. The van der Waals surface area contributed by atoms with Crippen LogP contribution < -0.4 is 9.62 Å². The summed E-state index contributed by atoms with van der Waals surface area (Å²) in [7, 11) is -3.61. The maximum absolute atomic E-state index is 13.4. The molecule has 1 unspecified atom stereocenters. The van der Waals surface area contributed by atoms with Crippen molar-refractivity contribution in [3.63, 3.8) is 0 Å². The topological polar surface area (TPSA) is 86.8 Å². The Balaban J connectivity index is 2.25. The SMILES string of the molecule is CCCNC(=O)C(CC)N(Cc1ccccc1Cl)C(=O)CCCN(c1cc(Cl)ccc1C)S(C)(=O)=O. The van der Waals surface area contributed by atoms with Crippen molar-refractivity contribution >= 4 is 50.7 Å². The van der Waals surface area contributed by atoms with Crippen LogP contribution >= 0.6 is 23.2 Å². The second kappa shape index (κ2) is 13.9. The molecule has 7 nitrogen and oxygen atoms in total. The minimum atomic E-state index is -3.61. The molecule has 36 heavy (non-hydrogen) atoms. The normalized spacial score (nSPS) is 12.2. The molecule has 2 aromatic carbocycles. The lowest BCUT2D eigenvalue weighted by Crippen LogP contribution is -2.49. The monoisotopic (exact) mass is 555 g/mol. The third-order valence-corrected chi connectivity index (χ3v) is 7.61. The highest BCUT2D eigenvalue weighted by Crippen LogP contribution is 2.27. The largest absolute Gasteiger partial charge is 0.354 e. The van der Waals surface area contributed by atoms with E-state index in [0.717, 1.165) is 23.8 Å². The average Bonchev–Trinajstić information content (AvgIpc) is 2.82. The molecule has 0 fully saturated rings. The van der Waals surface area contributed by atoms with Gasteiger partial charge < -0.3 is 10.2 Å². The number of aryl methyl sites for hydroxylation is 1. The minimum absolute atomic E-state index is 0.0631. The lowest BCUT2D eigenvalue weighted by atomic mass is 10.1. The Hall–Kier alpha value is -2.29.